The topological polar surface area (TPSA) is 56.8 Å². The van der Waals surface area contributed by atoms with Crippen molar-refractivity contribution in [3.8, 4) is 0 Å². The van der Waals surface area contributed by atoms with Crippen molar-refractivity contribution in [3.63, 3.8) is 0 Å². The van der Waals surface area contributed by atoms with Crippen LogP contribution in [0.5, 0.6) is 0 Å². The summed E-state index contributed by atoms with van der Waals surface area (Å²) in [4.78, 5) is 11.5. The zero-order chi connectivity index (χ0) is 13.5. The summed E-state index contributed by atoms with van der Waals surface area (Å²) in [6, 6.07) is -0.120. The lowest BCUT2D eigenvalue weighted by Gasteiger charge is -2.26. The molecule has 1 amide bonds. The first-order valence-corrected chi connectivity index (χ1v) is 5.81. The third-order valence-electron chi connectivity index (χ3n) is 2.21. The first-order valence-electron chi connectivity index (χ1n) is 5.81. The molecule has 17 heavy (non-hydrogen) atoms. The van der Waals surface area contributed by atoms with Gasteiger partial charge in [-0.25, -0.2) is 4.79 Å². The van der Waals surface area contributed by atoms with Crippen molar-refractivity contribution in [2.75, 3.05) is 20.8 Å². The number of alkyl carbamates (subject to hydrolysis) is 1. The molecule has 0 heterocycles. The number of rotatable bonds is 6. The number of methoxy groups -OCH3 is 2. The maximum Gasteiger partial charge on any atom is 0.407 e. The highest BCUT2D eigenvalue weighted by Crippen LogP contribution is 2.09. The van der Waals surface area contributed by atoms with Gasteiger partial charge in [-0.15, -0.1) is 0 Å². The van der Waals surface area contributed by atoms with Gasteiger partial charge in [0.25, 0.3) is 0 Å². The molecular weight excluding hydrogens is 222 g/mol. The van der Waals surface area contributed by atoms with E-state index in [1.165, 1.54) is 0 Å². The largest absolute Gasteiger partial charge is 0.444 e. The molecule has 0 rings (SSSR count). The van der Waals surface area contributed by atoms with Crippen molar-refractivity contribution in [1.29, 1.82) is 0 Å². The SMILES string of the molecule is COCC[C@H](OC)[C@H](C)NC(=O)OC(C)(C)C. The lowest BCUT2D eigenvalue weighted by Crippen LogP contribution is -2.44. The molecule has 0 aliphatic rings. The van der Waals surface area contributed by atoms with Crippen LogP contribution in [0, 0.1) is 0 Å². The molecule has 0 saturated heterocycles. The minimum Gasteiger partial charge on any atom is -0.444 e. The minimum atomic E-state index is -0.487. The molecule has 2 atom stereocenters. The van der Waals surface area contributed by atoms with Gasteiger partial charge in [0.2, 0.25) is 0 Å². The molecule has 0 radical (unpaired) electrons. The molecule has 0 spiro atoms. The van der Waals surface area contributed by atoms with Crippen LogP contribution in [-0.4, -0.2) is 44.7 Å². The van der Waals surface area contributed by atoms with E-state index in [1.807, 2.05) is 27.7 Å². The molecule has 0 unspecified atom stereocenters. The molecule has 5 heteroatoms. The number of hydrogen-bond donors (Lipinski definition) is 1. The number of carbonyl (C=O) groups is 1. The average Bonchev–Trinajstić information content (AvgIpc) is 2.15. The van der Waals surface area contributed by atoms with Crippen LogP contribution in [0.1, 0.15) is 34.1 Å². The van der Waals surface area contributed by atoms with Crippen LogP contribution in [-0.2, 0) is 14.2 Å². The van der Waals surface area contributed by atoms with E-state index in [0.717, 1.165) is 6.42 Å². The molecule has 0 aromatic heterocycles. The van der Waals surface area contributed by atoms with Crippen LogP contribution in [0.4, 0.5) is 4.79 Å². The third kappa shape index (κ3) is 7.99. The Bertz CT molecular complexity index is 225. The van der Waals surface area contributed by atoms with E-state index in [0.29, 0.717) is 6.61 Å². The first kappa shape index (κ1) is 16.2. The highest BCUT2D eigenvalue weighted by molar-refractivity contribution is 5.68. The van der Waals surface area contributed by atoms with Gasteiger partial charge in [0, 0.05) is 20.8 Å². The number of carbonyl (C=O) groups excluding carboxylic acids is 1. The zero-order valence-electron chi connectivity index (χ0n) is 11.7. The van der Waals surface area contributed by atoms with Gasteiger partial charge in [0.1, 0.15) is 5.60 Å². The highest BCUT2D eigenvalue weighted by atomic mass is 16.6. The number of nitrogens with one attached hydrogen (secondary N) is 1. The van der Waals surface area contributed by atoms with Crippen LogP contribution >= 0.6 is 0 Å². The molecule has 0 saturated carbocycles. The Morgan fingerprint density at radius 3 is 2.29 bits per heavy atom. The molecule has 0 aromatic carbocycles. The van der Waals surface area contributed by atoms with Crippen molar-refractivity contribution in [3.05, 3.63) is 0 Å². The summed E-state index contributed by atoms with van der Waals surface area (Å²) in [7, 11) is 3.26. The van der Waals surface area contributed by atoms with Gasteiger partial charge in [-0.05, 0) is 34.1 Å². The number of hydrogen-bond acceptors (Lipinski definition) is 4. The second-order valence-corrected chi connectivity index (χ2v) is 4.99. The van der Waals surface area contributed by atoms with Crippen LogP contribution in [0.2, 0.25) is 0 Å². The monoisotopic (exact) mass is 247 g/mol. The van der Waals surface area contributed by atoms with Gasteiger partial charge in [0.05, 0.1) is 12.1 Å². The lowest BCUT2D eigenvalue weighted by atomic mass is 10.1. The molecule has 0 bridgehead atoms. The summed E-state index contributed by atoms with van der Waals surface area (Å²) in [5.74, 6) is 0. The third-order valence-corrected chi connectivity index (χ3v) is 2.21. The molecule has 0 fully saturated rings. The highest BCUT2D eigenvalue weighted by Gasteiger charge is 2.22. The van der Waals surface area contributed by atoms with Gasteiger partial charge in [-0.2, -0.15) is 0 Å². The van der Waals surface area contributed by atoms with E-state index >= 15 is 0 Å². The van der Waals surface area contributed by atoms with E-state index < -0.39 is 11.7 Å². The summed E-state index contributed by atoms with van der Waals surface area (Å²) in [6.07, 6.45) is 0.219. The van der Waals surface area contributed by atoms with Crippen LogP contribution in [0.3, 0.4) is 0 Å². The van der Waals surface area contributed by atoms with Crippen molar-refractivity contribution < 1.29 is 19.0 Å². The quantitative estimate of drug-likeness (QED) is 0.779. The van der Waals surface area contributed by atoms with Crippen LogP contribution in [0.25, 0.3) is 0 Å². The standard InChI is InChI=1S/C12H25NO4/c1-9(10(16-6)7-8-15-5)13-11(14)17-12(2,3)4/h9-10H,7-8H2,1-6H3,(H,13,14)/t9-,10-/m0/s1. The van der Waals surface area contributed by atoms with Gasteiger partial charge in [0.15, 0.2) is 0 Å². The normalized spacial score (nSPS) is 15.2. The molecule has 0 aliphatic heterocycles. The fourth-order valence-electron chi connectivity index (χ4n) is 1.39. The molecule has 0 aliphatic carbocycles. The lowest BCUT2D eigenvalue weighted by molar-refractivity contribution is 0.0255. The van der Waals surface area contributed by atoms with Gasteiger partial charge in [-0.3, -0.25) is 0 Å². The van der Waals surface area contributed by atoms with Crippen molar-refractivity contribution in [1.82, 2.24) is 5.32 Å². The second kappa shape index (κ2) is 7.50. The van der Waals surface area contributed by atoms with E-state index in [2.05, 4.69) is 5.32 Å². The van der Waals surface area contributed by atoms with Gasteiger partial charge in [-0.1, -0.05) is 0 Å². The van der Waals surface area contributed by atoms with Crippen LogP contribution in [0.15, 0.2) is 0 Å². The maximum absolute atomic E-state index is 11.5. The summed E-state index contributed by atoms with van der Waals surface area (Å²) in [6.45, 7) is 7.97. The summed E-state index contributed by atoms with van der Waals surface area (Å²) in [5, 5.41) is 2.75. The molecule has 5 nitrogen and oxygen atoms in total. The predicted molar refractivity (Wildman–Crippen MR) is 66.1 cm³/mol. The maximum atomic E-state index is 11.5. The minimum absolute atomic E-state index is 0.0810. The van der Waals surface area contributed by atoms with Crippen molar-refractivity contribution in [2.45, 2.75) is 51.9 Å². The van der Waals surface area contributed by atoms with Gasteiger partial charge >= 0.3 is 6.09 Å². The Kier molecular flexibility index (Phi) is 7.15. The first-order chi connectivity index (χ1) is 7.80. The van der Waals surface area contributed by atoms with E-state index in [-0.39, 0.29) is 12.1 Å². The van der Waals surface area contributed by atoms with Crippen LogP contribution < -0.4 is 5.32 Å². The van der Waals surface area contributed by atoms with E-state index in [1.54, 1.807) is 14.2 Å². The Morgan fingerprint density at radius 2 is 1.88 bits per heavy atom. The Hall–Kier alpha value is -0.810. The van der Waals surface area contributed by atoms with E-state index in [9.17, 15) is 4.79 Å². The second-order valence-electron chi connectivity index (χ2n) is 4.99. The molecule has 102 valence electrons. The summed E-state index contributed by atoms with van der Waals surface area (Å²) < 4.78 is 15.5. The number of ether oxygens (including phenoxy) is 3. The average molecular weight is 247 g/mol. The Labute approximate surface area is 104 Å². The smallest absolute Gasteiger partial charge is 0.407 e. The van der Waals surface area contributed by atoms with Crippen molar-refractivity contribution >= 4 is 6.09 Å². The van der Waals surface area contributed by atoms with E-state index in [4.69, 9.17) is 14.2 Å². The Balaban J connectivity index is 4.12. The fourth-order valence-corrected chi connectivity index (χ4v) is 1.39. The summed E-state index contributed by atoms with van der Waals surface area (Å²) >= 11 is 0. The molecular formula is C12H25NO4. The molecule has 0 aromatic rings. The fraction of sp³-hybridized carbons (Fsp3) is 0.917. The molecule has 1 N–H and O–H groups in total. The Morgan fingerprint density at radius 1 is 1.29 bits per heavy atom. The predicted octanol–water partition coefficient (Wildman–Crippen LogP) is 1.95. The van der Waals surface area contributed by atoms with Crippen molar-refractivity contribution in [2.24, 2.45) is 0 Å². The van der Waals surface area contributed by atoms with Gasteiger partial charge < -0.3 is 19.5 Å². The summed E-state index contributed by atoms with van der Waals surface area (Å²) in [5.41, 5.74) is -0.487. The number of amides is 1. The zero-order valence-corrected chi connectivity index (χ0v) is 11.7.